The molecule has 0 aromatic heterocycles. The van der Waals surface area contributed by atoms with Crippen molar-refractivity contribution in [2.24, 2.45) is 0 Å². The van der Waals surface area contributed by atoms with E-state index < -0.39 is 0 Å². The molecular weight excluding hydrogens is 228 g/mol. The summed E-state index contributed by atoms with van der Waals surface area (Å²) in [6.07, 6.45) is 2.57. The van der Waals surface area contributed by atoms with Crippen molar-refractivity contribution in [2.45, 2.75) is 23.8 Å². The zero-order valence-electron chi connectivity index (χ0n) is 8.50. The SMILES string of the molecule is Nc1ccc(SC[C@H]2CCCN2)c(Cl)c1. The lowest BCUT2D eigenvalue weighted by atomic mass is 10.3. The van der Waals surface area contributed by atoms with E-state index in [1.807, 2.05) is 18.2 Å². The lowest BCUT2D eigenvalue weighted by Gasteiger charge is -2.10. The molecule has 1 heterocycles. The van der Waals surface area contributed by atoms with Crippen molar-refractivity contribution >= 4 is 29.1 Å². The topological polar surface area (TPSA) is 38.0 Å². The van der Waals surface area contributed by atoms with Crippen molar-refractivity contribution in [3.8, 4) is 0 Å². The highest BCUT2D eigenvalue weighted by molar-refractivity contribution is 7.99. The van der Waals surface area contributed by atoms with Crippen LogP contribution in [0.4, 0.5) is 5.69 Å². The van der Waals surface area contributed by atoms with Crippen LogP contribution in [0.5, 0.6) is 0 Å². The molecule has 0 radical (unpaired) electrons. The Kier molecular flexibility index (Phi) is 3.78. The molecule has 3 N–H and O–H groups in total. The molecule has 0 unspecified atom stereocenters. The Morgan fingerprint density at radius 1 is 1.53 bits per heavy atom. The van der Waals surface area contributed by atoms with E-state index >= 15 is 0 Å². The number of anilines is 1. The van der Waals surface area contributed by atoms with Gasteiger partial charge in [0.2, 0.25) is 0 Å². The predicted octanol–water partition coefficient (Wildman–Crippen LogP) is 2.77. The van der Waals surface area contributed by atoms with E-state index in [0.717, 1.165) is 27.9 Å². The lowest BCUT2D eigenvalue weighted by molar-refractivity contribution is 0.674. The first-order valence-corrected chi connectivity index (χ1v) is 6.53. The van der Waals surface area contributed by atoms with E-state index in [1.165, 1.54) is 12.8 Å². The normalized spacial score (nSPS) is 20.7. The molecule has 0 spiro atoms. The van der Waals surface area contributed by atoms with E-state index in [-0.39, 0.29) is 0 Å². The number of nitrogens with two attached hydrogens (primary N) is 1. The number of hydrogen-bond acceptors (Lipinski definition) is 3. The zero-order chi connectivity index (χ0) is 10.7. The van der Waals surface area contributed by atoms with Crippen LogP contribution in [-0.2, 0) is 0 Å². The molecule has 0 saturated carbocycles. The smallest absolute Gasteiger partial charge is 0.0562 e. The van der Waals surface area contributed by atoms with E-state index in [4.69, 9.17) is 17.3 Å². The number of benzene rings is 1. The van der Waals surface area contributed by atoms with Crippen LogP contribution in [0.3, 0.4) is 0 Å². The molecule has 1 aromatic carbocycles. The maximum Gasteiger partial charge on any atom is 0.0562 e. The number of hydrogen-bond donors (Lipinski definition) is 2. The molecule has 1 atom stereocenters. The van der Waals surface area contributed by atoms with Crippen LogP contribution in [0, 0.1) is 0 Å². The van der Waals surface area contributed by atoms with Gasteiger partial charge in [0, 0.05) is 22.4 Å². The Labute approximate surface area is 99.6 Å². The van der Waals surface area contributed by atoms with Crippen molar-refractivity contribution in [3.05, 3.63) is 23.2 Å². The Balaban J connectivity index is 1.92. The van der Waals surface area contributed by atoms with Crippen LogP contribution in [-0.4, -0.2) is 18.3 Å². The molecule has 1 aliphatic heterocycles. The third-order valence-corrected chi connectivity index (χ3v) is 4.22. The Morgan fingerprint density at radius 2 is 2.40 bits per heavy atom. The van der Waals surface area contributed by atoms with Gasteiger partial charge in [-0.25, -0.2) is 0 Å². The minimum Gasteiger partial charge on any atom is -0.399 e. The van der Waals surface area contributed by atoms with E-state index in [1.54, 1.807) is 11.8 Å². The highest BCUT2D eigenvalue weighted by Gasteiger charge is 2.14. The maximum absolute atomic E-state index is 6.09. The van der Waals surface area contributed by atoms with Crippen molar-refractivity contribution in [1.82, 2.24) is 5.32 Å². The molecule has 1 aromatic rings. The van der Waals surface area contributed by atoms with Crippen LogP contribution in [0.2, 0.25) is 5.02 Å². The molecule has 0 aliphatic carbocycles. The van der Waals surface area contributed by atoms with Crippen LogP contribution >= 0.6 is 23.4 Å². The second-order valence-corrected chi connectivity index (χ2v) is 5.26. The fourth-order valence-corrected chi connectivity index (χ4v) is 3.10. The van der Waals surface area contributed by atoms with Gasteiger partial charge in [0.05, 0.1) is 5.02 Å². The van der Waals surface area contributed by atoms with E-state index in [2.05, 4.69) is 5.32 Å². The van der Waals surface area contributed by atoms with Gasteiger partial charge in [-0.3, -0.25) is 0 Å². The largest absolute Gasteiger partial charge is 0.399 e. The average molecular weight is 243 g/mol. The van der Waals surface area contributed by atoms with E-state index in [0.29, 0.717) is 6.04 Å². The fraction of sp³-hybridized carbons (Fsp3) is 0.455. The first-order chi connectivity index (χ1) is 7.25. The predicted molar refractivity (Wildman–Crippen MR) is 67.6 cm³/mol. The van der Waals surface area contributed by atoms with Gasteiger partial charge in [0.1, 0.15) is 0 Å². The minimum absolute atomic E-state index is 0.642. The van der Waals surface area contributed by atoms with Crippen molar-refractivity contribution in [3.63, 3.8) is 0 Å². The lowest BCUT2D eigenvalue weighted by Crippen LogP contribution is -2.23. The maximum atomic E-state index is 6.09. The van der Waals surface area contributed by atoms with Crippen LogP contribution in [0.25, 0.3) is 0 Å². The fourth-order valence-electron chi connectivity index (χ4n) is 1.72. The van der Waals surface area contributed by atoms with Gasteiger partial charge in [-0.1, -0.05) is 11.6 Å². The number of nitrogens with one attached hydrogen (secondary N) is 1. The van der Waals surface area contributed by atoms with E-state index in [9.17, 15) is 0 Å². The molecule has 15 heavy (non-hydrogen) atoms. The van der Waals surface area contributed by atoms with Gasteiger partial charge in [-0.2, -0.15) is 0 Å². The second-order valence-electron chi connectivity index (χ2n) is 3.79. The Hall–Kier alpha value is -0.380. The summed E-state index contributed by atoms with van der Waals surface area (Å²) in [5.41, 5.74) is 6.37. The van der Waals surface area contributed by atoms with Crippen LogP contribution in [0.15, 0.2) is 23.1 Å². The molecule has 4 heteroatoms. The number of rotatable bonds is 3. The molecule has 2 nitrogen and oxygen atoms in total. The summed E-state index contributed by atoms with van der Waals surface area (Å²) in [4.78, 5) is 1.12. The quantitative estimate of drug-likeness (QED) is 0.632. The van der Waals surface area contributed by atoms with Crippen molar-refractivity contribution in [2.75, 3.05) is 18.0 Å². The summed E-state index contributed by atoms with van der Waals surface area (Å²) >= 11 is 7.90. The number of nitrogen functional groups attached to an aromatic ring is 1. The van der Waals surface area contributed by atoms with Crippen molar-refractivity contribution in [1.29, 1.82) is 0 Å². The number of halogens is 1. The molecule has 82 valence electrons. The summed E-state index contributed by atoms with van der Waals surface area (Å²) in [6.45, 7) is 1.15. The van der Waals surface area contributed by atoms with Crippen molar-refractivity contribution < 1.29 is 0 Å². The highest BCUT2D eigenvalue weighted by Crippen LogP contribution is 2.30. The molecule has 0 bridgehead atoms. The molecular formula is C11H15ClN2S. The summed E-state index contributed by atoms with van der Waals surface area (Å²) in [5.74, 6) is 1.09. The van der Waals surface area contributed by atoms with Gasteiger partial charge in [0.15, 0.2) is 0 Å². The van der Waals surface area contributed by atoms with Gasteiger partial charge in [-0.15, -0.1) is 11.8 Å². The molecule has 2 rings (SSSR count). The first-order valence-electron chi connectivity index (χ1n) is 5.17. The third-order valence-electron chi connectivity index (χ3n) is 2.56. The first kappa shape index (κ1) is 11.1. The van der Waals surface area contributed by atoms with Crippen LogP contribution in [0.1, 0.15) is 12.8 Å². The van der Waals surface area contributed by atoms with Gasteiger partial charge in [0.25, 0.3) is 0 Å². The average Bonchev–Trinajstić information content (AvgIpc) is 2.69. The zero-order valence-corrected chi connectivity index (χ0v) is 10.1. The monoisotopic (exact) mass is 242 g/mol. The molecule has 1 saturated heterocycles. The Morgan fingerprint density at radius 3 is 3.07 bits per heavy atom. The van der Waals surface area contributed by atoms with Gasteiger partial charge < -0.3 is 11.1 Å². The molecule has 1 fully saturated rings. The third kappa shape index (κ3) is 3.03. The Bertz CT molecular complexity index is 337. The summed E-state index contributed by atoms with van der Waals surface area (Å²) in [6, 6.07) is 6.35. The summed E-state index contributed by atoms with van der Waals surface area (Å²) < 4.78 is 0. The minimum atomic E-state index is 0.642. The summed E-state index contributed by atoms with van der Waals surface area (Å²) in [7, 11) is 0. The summed E-state index contributed by atoms with van der Waals surface area (Å²) in [5, 5.41) is 4.23. The van der Waals surface area contributed by atoms with Crippen LogP contribution < -0.4 is 11.1 Å². The highest BCUT2D eigenvalue weighted by atomic mass is 35.5. The van der Waals surface area contributed by atoms with Gasteiger partial charge in [-0.05, 0) is 37.6 Å². The number of thioether (sulfide) groups is 1. The standard InChI is InChI=1S/C11H15ClN2S/c12-10-6-8(13)3-4-11(10)15-7-9-2-1-5-14-9/h3-4,6,9,14H,1-2,5,7,13H2/t9-/m1/s1. The van der Waals surface area contributed by atoms with Gasteiger partial charge >= 0.3 is 0 Å². The molecule has 0 amide bonds. The second kappa shape index (κ2) is 5.10. The molecule has 1 aliphatic rings.